The fraction of sp³-hybridized carbons (Fsp3) is 0.250. The minimum atomic E-state index is -3.41. The molecule has 2 aromatic carbocycles. The number of hydrogen-bond donors (Lipinski definition) is 1. The first-order chi connectivity index (χ1) is 10.5. The molecule has 0 saturated carbocycles. The molecule has 2 rings (SSSR count). The lowest BCUT2D eigenvalue weighted by atomic mass is 10.2. The maximum Gasteiger partial charge on any atom is 0.356 e. The molecule has 0 heterocycles. The highest BCUT2D eigenvalue weighted by atomic mass is 35.5. The minimum absolute atomic E-state index is 0.501. The molecular weight excluding hydrogens is 321 g/mol. The second-order valence-electron chi connectivity index (χ2n) is 4.84. The normalized spacial score (nSPS) is 12.9. The molecule has 0 aliphatic heterocycles. The van der Waals surface area contributed by atoms with Gasteiger partial charge in [0.15, 0.2) is 5.78 Å². The Morgan fingerprint density at radius 1 is 1.05 bits per heavy atom. The van der Waals surface area contributed by atoms with E-state index in [1.54, 1.807) is 12.1 Å². The van der Waals surface area contributed by atoms with Crippen LogP contribution < -0.4 is 5.32 Å². The van der Waals surface area contributed by atoms with Crippen LogP contribution in [0.15, 0.2) is 48.5 Å². The molecule has 6 heteroatoms. The van der Waals surface area contributed by atoms with E-state index < -0.39 is 13.4 Å². The third-order valence-electron chi connectivity index (χ3n) is 3.38. The average Bonchev–Trinajstić information content (AvgIpc) is 2.54. The van der Waals surface area contributed by atoms with Gasteiger partial charge < -0.3 is 14.4 Å². The zero-order valence-corrected chi connectivity index (χ0v) is 14.4. The van der Waals surface area contributed by atoms with Crippen molar-refractivity contribution in [1.82, 2.24) is 0 Å². The largest absolute Gasteiger partial charge is 0.368 e. The lowest BCUT2D eigenvalue weighted by Crippen LogP contribution is -2.14. The van der Waals surface area contributed by atoms with Crippen molar-refractivity contribution < 1.29 is 13.6 Å². The van der Waals surface area contributed by atoms with E-state index >= 15 is 0 Å². The molecule has 2 aromatic rings. The SMILES string of the molecule is COP(=O)(OC)C(Nc1ccc(C)cc1)c1ccccc1Cl. The summed E-state index contributed by atoms with van der Waals surface area (Å²) in [6.07, 6.45) is 0. The Balaban J connectivity index is 2.44. The Morgan fingerprint density at radius 3 is 2.18 bits per heavy atom. The second-order valence-corrected chi connectivity index (χ2v) is 7.57. The summed E-state index contributed by atoms with van der Waals surface area (Å²) in [7, 11) is -0.681. The van der Waals surface area contributed by atoms with Crippen molar-refractivity contribution in [2.45, 2.75) is 12.7 Å². The first-order valence-corrected chi connectivity index (χ1v) is 8.78. The molecule has 4 nitrogen and oxygen atoms in total. The van der Waals surface area contributed by atoms with Crippen LogP contribution in [0.5, 0.6) is 0 Å². The van der Waals surface area contributed by atoms with Crippen molar-refractivity contribution in [1.29, 1.82) is 0 Å². The van der Waals surface area contributed by atoms with Gasteiger partial charge in [-0.1, -0.05) is 47.5 Å². The molecule has 0 amide bonds. The number of rotatable bonds is 6. The Hall–Kier alpha value is -1.32. The average molecular weight is 340 g/mol. The third-order valence-corrected chi connectivity index (χ3v) is 5.78. The Bertz CT molecular complexity index is 667. The summed E-state index contributed by atoms with van der Waals surface area (Å²) in [6, 6.07) is 15.0. The molecule has 0 aliphatic carbocycles. The summed E-state index contributed by atoms with van der Waals surface area (Å²) in [5.74, 6) is -0.695. The van der Waals surface area contributed by atoms with E-state index in [-0.39, 0.29) is 0 Å². The van der Waals surface area contributed by atoms with Gasteiger partial charge in [0.25, 0.3) is 0 Å². The van der Waals surface area contributed by atoms with Crippen molar-refractivity contribution >= 4 is 24.9 Å². The predicted octanol–water partition coefficient (Wildman–Crippen LogP) is 5.25. The molecule has 1 N–H and O–H groups in total. The summed E-state index contributed by atoms with van der Waals surface area (Å²) in [4.78, 5) is 0. The van der Waals surface area contributed by atoms with Crippen molar-refractivity contribution in [3.05, 3.63) is 64.7 Å². The first-order valence-electron chi connectivity index (χ1n) is 6.79. The summed E-state index contributed by atoms with van der Waals surface area (Å²) >= 11 is 6.26. The molecule has 0 saturated heterocycles. The van der Waals surface area contributed by atoms with Gasteiger partial charge >= 0.3 is 7.60 Å². The molecular formula is C16H19ClNO3P. The molecule has 1 atom stereocenters. The molecule has 0 aromatic heterocycles. The predicted molar refractivity (Wildman–Crippen MR) is 90.6 cm³/mol. The van der Waals surface area contributed by atoms with Gasteiger partial charge in [0.2, 0.25) is 0 Å². The fourth-order valence-corrected chi connectivity index (χ4v) is 3.88. The van der Waals surface area contributed by atoms with Gasteiger partial charge in [-0.15, -0.1) is 0 Å². The van der Waals surface area contributed by atoms with E-state index in [1.165, 1.54) is 14.2 Å². The van der Waals surface area contributed by atoms with E-state index in [2.05, 4.69) is 5.32 Å². The van der Waals surface area contributed by atoms with E-state index in [9.17, 15) is 4.57 Å². The summed E-state index contributed by atoms with van der Waals surface area (Å²) in [5.41, 5.74) is 2.61. The van der Waals surface area contributed by atoms with Crippen LogP contribution in [-0.4, -0.2) is 14.2 Å². The minimum Gasteiger partial charge on any atom is -0.368 e. The maximum atomic E-state index is 12.9. The zero-order chi connectivity index (χ0) is 16.2. The Morgan fingerprint density at radius 2 is 1.64 bits per heavy atom. The molecule has 0 radical (unpaired) electrons. The van der Waals surface area contributed by atoms with Crippen LogP contribution in [0.4, 0.5) is 5.69 Å². The summed E-state index contributed by atoms with van der Waals surface area (Å²) in [6.45, 7) is 2.00. The van der Waals surface area contributed by atoms with Crippen molar-refractivity contribution in [2.24, 2.45) is 0 Å². The van der Waals surface area contributed by atoms with Gasteiger partial charge in [0.05, 0.1) is 0 Å². The fourth-order valence-electron chi connectivity index (χ4n) is 2.12. The number of benzene rings is 2. The van der Waals surface area contributed by atoms with Crippen LogP contribution in [0.25, 0.3) is 0 Å². The third kappa shape index (κ3) is 3.71. The van der Waals surface area contributed by atoms with Gasteiger partial charge in [-0.3, -0.25) is 4.57 Å². The summed E-state index contributed by atoms with van der Waals surface area (Å²) in [5, 5.41) is 3.71. The molecule has 0 bridgehead atoms. The van der Waals surface area contributed by atoms with Crippen molar-refractivity contribution in [3.8, 4) is 0 Å². The highest BCUT2D eigenvalue weighted by molar-refractivity contribution is 7.54. The van der Waals surface area contributed by atoms with Crippen molar-refractivity contribution in [2.75, 3.05) is 19.5 Å². The van der Waals surface area contributed by atoms with E-state index in [4.69, 9.17) is 20.6 Å². The van der Waals surface area contributed by atoms with E-state index in [1.807, 2.05) is 43.3 Å². The van der Waals surface area contributed by atoms with Gasteiger partial charge in [-0.05, 0) is 25.1 Å². The zero-order valence-electron chi connectivity index (χ0n) is 12.7. The van der Waals surface area contributed by atoms with E-state index in [0.29, 0.717) is 10.6 Å². The lowest BCUT2D eigenvalue weighted by molar-refractivity contribution is 0.268. The number of hydrogen-bond acceptors (Lipinski definition) is 4. The monoisotopic (exact) mass is 339 g/mol. The molecule has 22 heavy (non-hydrogen) atoms. The molecule has 0 aliphatic rings. The van der Waals surface area contributed by atoms with Gasteiger partial charge in [0.1, 0.15) is 0 Å². The Kier molecular flexibility index (Phi) is 5.65. The molecule has 0 fully saturated rings. The van der Waals surface area contributed by atoms with Crippen LogP contribution in [0.1, 0.15) is 16.9 Å². The van der Waals surface area contributed by atoms with Gasteiger partial charge in [-0.2, -0.15) is 0 Å². The molecule has 1 unspecified atom stereocenters. The summed E-state index contributed by atoms with van der Waals surface area (Å²) < 4.78 is 23.2. The maximum absolute atomic E-state index is 12.9. The highest BCUT2D eigenvalue weighted by Gasteiger charge is 2.36. The van der Waals surface area contributed by atoms with Crippen LogP contribution in [0.3, 0.4) is 0 Å². The smallest absolute Gasteiger partial charge is 0.356 e. The van der Waals surface area contributed by atoms with Crippen LogP contribution in [0.2, 0.25) is 5.02 Å². The Labute approximate surface area is 135 Å². The quantitative estimate of drug-likeness (QED) is 0.731. The van der Waals surface area contributed by atoms with Crippen LogP contribution >= 0.6 is 19.2 Å². The van der Waals surface area contributed by atoms with Gasteiger partial charge in [-0.25, -0.2) is 0 Å². The van der Waals surface area contributed by atoms with Crippen molar-refractivity contribution in [3.63, 3.8) is 0 Å². The number of halogens is 1. The first kappa shape index (κ1) is 17.0. The van der Waals surface area contributed by atoms with E-state index in [0.717, 1.165) is 11.3 Å². The van der Waals surface area contributed by atoms with Crippen LogP contribution in [-0.2, 0) is 13.6 Å². The standard InChI is InChI=1S/C16H19ClNO3P/c1-12-8-10-13(11-9-12)18-16(22(19,20-2)21-3)14-6-4-5-7-15(14)17/h4-11,16,18H,1-3H3. The second kappa shape index (κ2) is 7.30. The topological polar surface area (TPSA) is 47.6 Å². The number of aryl methyl sites for hydroxylation is 1. The number of nitrogens with one attached hydrogen (secondary N) is 1. The molecule has 118 valence electrons. The lowest BCUT2D eigenvalue weighted by Gasteiger charge is -2.27. The van der Waals surface area contributed by atoms with Gasteiger partial charge in [0, 0.05) is 30.5 Å². The number of anilines is 1. The van der Waals surface area contributed by atoms with Crippen LogP contribution in [0, 0.1) is 6.92 Å². The highest BCUT2D eigenvalue weighted by Crippen LogP contribution is 2.60. The molecule has 0 spiro atoms.